The molecule has 0 amide bonds. The first-order valence-corrected chi connectivity index (χ1v) is 13.7. The van der Waals surface area contributed by atoms with Crippen LogP contribution in [-0.4, -0.2) is 9.97 Å². The summed E-state index contributed by atoms with van der Waals surface area (Å²) in [6.45, 7) is 0. The summed E-state index contributed by atoms with van der Waals surface area (Å²) in [4.78, 5) is 9.91. The van der Waals surface area contributed by atoms with E-state index in [0.717, 1.165) is 27.7 Å². The van der Waals surface area contributed by atoms with Gasteiger partial charge in [0, 0.05) is 22.4 Å². The Morgan fingerprint density at radius 1 is 0.400 bits per heavy atom. The fourth-order valence-corrected chi connectivity index (χ4v) is 6.71. The molecule has 0 aliphatic carbocycles. The fraction of sp³-hybridized carbons (Fsp3) is 0. The third-order valence-corrected chi connectivity index (χ3v) is 8.43. The van der Waals surface area contributed by atoms with Crippen molar-refractivity contribution in [1.29, 1.82) is 0 Å². The molecule has 0 spiro atoms. The lowest BCUT2D eigenvalue weighted by Crippen LogP contribution is -1.94. The molecule has 2 nitrogen and oxygen atoms in total. The van der Waals surface area contributed by atoms with Crippen molar-refractivity contribution in [3.8, 4) is 22.5 Å². The number of benzene rings is 7. The standard InChI is InChI=1S/C38H22N2/c1-2-11-28-26(10-1)31(27-19-17-25-16-15-23-8-7-9-24-18-20-29(27)36(25)35(23)24)22-32-37(28)30-12-3-4-13-33(30)40-38(32)34-14-5-6-21-39-34/h1-22H. The molecule has 2 heteroatoms. The number of pyridine rings is 2. The lowest BCUT2D eigenvalue weighted by atomic mass is 9.86. The molecule has 0 aliphatic heterocycles. The fourth-order valence-electron chi connectivity index (χ4n) is 6.71. The van der Waals surface area contributed by atoms with E-state index in [1.165, 1.54) is 59.6 Å². The highest BCUT2D eigenvalue weighted by Gasteiger charge is 2.19. The first-order chi connectivity index (χ1) is 19.8. The Morgan fingerprint density at radius 3 is 1.93 bits per heavy atom. The molecule has 2 heterocycles. The predicted octanol–water partition coefficient (Wildman–Crippen LogP) is 10.2. The molecule has 0 saturated heterocycles. The molecule has 0 aliphatic rings. The smallest absolute Gasteiger partial charge is 0.0972 e. The summed E-state index contributed by atoms with van der Waals surface area (Å²) in [5.41, 5.74) is 5.24. The number of hydrogen-bond donors (Lipinski definition) is 0. The third kappa shape index (κ3) is 2.93. The van der Waals surface area contributed by atoms with Crippen molar-refractivity contribution in [2.24, 2.45) is 0 Å². The van der Waals surface area contributed by atoms with Gasteiger partial charge in [-0.25, -0.2) is 4.98 Å². The minimum atomic E-state index is 0.884. The topological polar surface area (TPSA) is 25.8 Å². The van der Waals surface area contributed by atoms with Gasteiger partial charge >= 0.3 is 0 Å². The Balaban J connectivity index is 1.49. The normalized spacial score (nSPS) is 12.0. The highest BCUT2D eigenvalue weighted by atomic mass is 14.8. The van der Waals surface area contributed by atoms with Crippen LogP contribution in [0.5, 0.6) is 0 Å². The van der Waals surface area contributed by atoms with E-state index in [-0.39, 0.29) is 0 Å². The molecule has 0 bridgehead atoms. The number of aromatic nitrogens is 2. The molecule has 2 aromatic heterocycles. The van der Waals surface area contributed by atoms with Gasteiger partial charge in [-0.1, -0.05) is 103 Å². The summed E-state index contributed by atoms with van der Waals surface area (Å²) in [7, 11) is 0. The average Bonchev–Trinajstić information content (AvgIpc) is 3.03. The summed E-state index contributed by atoms with van der Waals surface area (Å²) < 4.78 is 0. The van der Waals surface area contributed by atoms with Gasteiger partial charge in [-0.15, -0.1) is 0 Å². The van der Waals surface area contributed by atoms with E-state index in [0.29, 0.717) is 0 Å². The maximum absolute atomic E-state index is 5.18. The van der Waals surface area contributed by atoms with Gasteiger partial charge in [0.1, 0.15) is 0 Å². The first-order valence-electron chi connectivity index (χ1n) is 13.7. The van der Waals surface area contributed by atoms with Crippen molar-refractivity contribution >= 4 is 64.8 Å². The monoisotopic (exact) mass is 506 g/mol. The number of rotatable bonds is 2. The minimum Gasteiger partial charge on any atom is -0.255 e. The van der Waals surface area contributed by atoms with Crippen molar-refractivity contribution in [3.05, 3.63) is 134 Å². The zero-order chi connectivity index (χ0) is 26.2. The van der Waals surface area contributed by atoms with E-state index in [9.17, 15) is 0 Å². The lowest BCUT2D eigenvalue weighted by Gasteiger charge is -2.18. The van der Waals surface area contributed by atoms with Crippen LogP contribution in [0.2, 0.25) is 0 Å². The van der Waals surface area contributed by atoms with Crippen molar-refractivity contribution in [3.63, 3.8) is 0 Å². The van der Waals surface area contributed by atoms with Crippen molar-refractivity contribution in [2.75, 3.05) is 0 Å². The van der Waals surface area contributed by atoms with E-state index in [2.05, 4.69) is 115 Å². The Hall–Kier alpha value is -5.34. The SMILES string of the molecule is c1ccc(-c2nc3ccccc3c3c2cc(-c2ccc4ccc5cccc6ccc2c4c56)c2ccccc23)nc1. The quantitative estimate of drug-likeness (QED) is 0.218. The molecule has 0 unspecified atom stereocenters. The Kier molecular flexibility index (Phi) is 4.36. The van der Waals surface area contributed by atoms with Crippen LogP contribution in [0.3, 0.4) is 0 Å². The highest BCUT2D eigenvalue weighted by Crippen LogP contribution is 2.45. The summed E-state index contributed by atoms with van der Waals surface area (Å²) in [5, 5.41) is 13.8. The molecule has 9 rings (SSSR count). The van der Waals surface area contributed by atoms with Gasteiger partial charge in [0.2, 0.25) is 0 Å². The van der Waals surface area contributed by atoms with Gasteiger partial charge in [-0.2, -0.15) is 0 Å². The minimum absolute atomic E-state index is 0.884. The predicted molar refractivity (Wildman–Crippen MR) is 169 cm³/mol. The van der Waals surface area contributed by atoms with Crippen LogP contribution in [0.25, 0.3) is 87.3 Å². The largest absolute Gasteiger partial charge is 0.255 e. The highest BCUT2D eigenvalue weighted by molar-refractivity contribution is 6.29. The molecule has 0 saturated carbocycles. The summed E-state index contributed by atoms with van der Waals surface area (Å²) in [6.07, 6.45) is 1.85. The molecule has 184 valence electrons. The van der Waals surface area contributed by atoms with Gasteiger partial charge in [-0.3, -0.25) is 4.98 Å². The second-order valence-electron chi connectivity index (χ2n) is 10.6. The average molecular weight is 507 g/mol. The molecule has 0 N–H and O–H groups in total. The van der Waals surface area contributed by atoms with Crippen LogP contribution in [-0.2, 0) is 0 Å². The van der Waals surface area contributed by atoms with E-state index in [1.54, 1.807) is 0 Å². The Bertz CT molecular complexity index is 2410. The van der Waals surface area contributed by atoms with Crippen LogP contribution in [0.15, 0.2) is 134 Å². The summed E-state index contributed by atoms with van der Waals surface area (Å²) in [5.74, 6) is 0. The second-order valence-corrected chi connectivity index (χ2v) is 10.6. The first kappa shape index (κ1) is 21.6. The van der Waals surface area contributed by atoms with Crippen LogP contribution < -0.4 is 0 Å². The van der Waals surface area contributed by atoms with Gasteiger partial charge in [0.15, 0.2) is 0 Å². The number of nitrogens with zero attached hydrogens (tertiary/aromatic N) is 2. The second kappa shape index (κ2) is 8.08. The van der Waals surface area contributed by atoms with Crippen molar-refractivity contribution < 1.29 is 0 Å². The van der Waals surface area contributed by atoms with Crippen LogP contribution in [0.1, 0.15) is 0 Å². The number of para-hydroxylation sites is 1. The summed E-state index contributed by atoms with van der Waals surface area (Å²) >= 11 is 0. The Labute approximate surface area is 230 Å². The zero-order valence-electron chi connectivity index (χ0n) is 21.6. The zero-order valence-corrected chi connectivity index (χ0v) is 21.6. The van der Waals surface area contributed by atoms with Crippen LogP contribution >= 0.6 is 0 Å². The van der Waals surface area contributed by atoms with Gasteiger partial charge < -0.3 is 0 Å². The molecule has 0 fully saturated rings. The third-order valence-electron chi connectivity index (χ3n) is 8.43. The summed E-state index contributed by atoms with van der Waals surface area (Å²) in [6, 6.07) is 45.9. The molecule has 0 atom stereocenters. The van der Waals surface area contributed by atoms with Crippen molar-refractivity contribution in [1.82, 2.24) is 9.97 Å². The van der Waals surface area contributed by atoms with Crippen molar-refractivity contribution in [2.45, 2.75) is 0 Å². The molecular formula is C38H22N2. The number of hydrogen-bond acceptors (Lipinski definition) is 2. The van der Waals surface area contributed by atoms with Gasteiger partial charge in [0.05, 0.1) is 16.9 Å². The Morgan fingerprint density at radius 2 is 1.10 bits per heavy atom. The van der Waals surface area contributed by atoms with E-state index < -0.39 is 0 Å². The van der Waals surface area contributed by atoms with Crippen LogP contribution in [0.4, 0.5) is 0 Å². The van der Waals surface area contributed by atoms with E-state index in [1.807, 2.05) is 18.3 Å². The molecule has 40 heavy (non-hydrogen) atoms. The maximum Gasteiger partial charge on any atom is 0.0972 e. The number of fused-ring (bicyclic) bond motifs is 5. The van der Waals surface area contributed by atoms with Gasteiger partial charge in [-0.05, 0) is 78.5 Å². The lowest BCUT2D eigenvalue weighted by molar-refractivity contribution is 1.29. The molecule has 7 aromatic carbocycles. The van der Waals surface area contributed by atoms with E-state index in [4.69, 9.17) is 9.97 Å². The molecule has 9 aromatic rings. The van der Waals surface area contributed by atoms with Gasteiger partial charge in [0.25, 0.3) is 0 Å². The van der Waals surface area contributed by atoms with Crippen LogP contribution in [0, 0.1) is 0 Å². The van der Waals surface area contributed by atoms with E-state index >= 15 is 0 Å². The maximum atomic E-state index is 5.18. The molecular weight excluding hydrogens is 484 g/mol. The molecule has 0 radical (unpaired) electrons.